The minimum Gasteiger partial charge on any atom is -0.330 e. The van der Waals surface area contributed by atoms with Gasteiger partial charge >= 0.3 is 0 Å². The van der Waals surface area contributed by atoms with Crippen molar-refractivity contribution in [2.24, 2.45) is 5.73 Å². The van der Waals surface area contributed by atoms with E-state index in [9.17, 15) is 0 Å². The van der Waals surface area contributed by atoms with Crippen LogP contribution in [0.5, 0.6) is 0 Å². The number of hydrogen-bond acceptors (Lipinski definition) is 2. The molecule has 0 radical (unpaired) electrons. The first-order valence-corrected chi connectivity index (χ1v) is 6.18. The van der Waals surface area contributed by atoms with E-state index in [-0.39, 0.29) is 0 Å². The van der Waals surface area contributed by atoms with Crippen LogP contribution in [0.1, 0.15) is 25.3 Å². The summed E-state index contributed by atoms with van der Waals surface area (Å²) < 4.78 is 0. The normalized spacial score (nSPS) is 13.0. The van der Waals surface area contributed by atoms with E-state index >= 15 is 0 Å². The summed E-state index contributed by atoms with van der Waals surface area (Å²) in [6, 6.07) is 11.3. The fourth-order valence-corrected chi connectivity index (χ4v) is 1.84. The van der Waals surface area contributed by atoms with E-state index in [2.05, 4.69) is 49.2 Å². The third-order valence-electron chi connectivity index (χ3n) is 3.09. The zero-order valence-electron chi connectivity index (χ0n) is 10.5. The smallest absolute Gasteiger partial charge is 0.0104 e. The SMILES string of the molecule is CC(Cc1ccccc1)N(C)CCCCN. The molecule has 1 aromatic rings. The molecule has 1 aromatic carbocycles. The van der Waals surface area contributed by atoms with Crippen LogP contribution in [-0.4, -0.2) is 31.1 Å². The molecule has 0 aliphatic heterocycles. The number of benzene rings is 1. The van der Waals surface area contributed by atoms with Gasteiger partial charge in [-0.05, 0) is 51.9 Å². The number of rotatable bonds is 7. The van der Waals surface area contributed by atoms with Gasteiger partial charge in [0.1, 0.15) is 0 Å². The van der Waals surface area contributed by atoms with Crippen LogP contribution in [0.15, 0.2) is 30.3 Å². The molecule has 2 N–H and O–H groups in total. The Hall–Kier alpha value is -0.860. The Morgan fingerprint density at radius 3 is 2.50 bits per heavy atom. The van der Waals surface area contributed by atoms with Crippen molar-refractivity contribution in [3.8, 4) is 0 Å². The number of nitrogens with two attached hydrogens (primary N) is 1. The fraction of sp³-hybridized carbons (Fsp3) is 0.571. The molecule has 0 fully saturated rings. The molecular weight excluding hydrogens is 196 g/mol. The van der Waals surface area contributed by atoms with E-state index in [0.29, 0.717) is 6.04 Å². The summed E-state index contributed by atoms with van der Waals surface area (Å²) in [5.41, 5.74) is 6.91. The van der Waals surface area contributed by atoms with Crippen LogP contribution in [0.4, 0.5) is 0 Å². The van der Waals surface area contributed by atoms with E-state index in [1.54, 1.807) is 0 Å². The Bertz CT molecular complexity index is 271. The van der Waals surface area contributed by atoms with Crippen molar-refractivity contribution in [1.29, 1.82) is 0 Å². The predicted octanol–water partition coefficient (Wildman–Crippen LogP) is 2.29. The predicted molar refractivity (Wildman–Crippen MR) is 70.5 cm³/mol. The Balaban J connectivity index is 2.31. The summed E-state index contributed by atoms with van der Waals surface area (Å²) in [7, 11) is 2.20. The average molecular weight is 220 g/mol. The highest BCUT2D eigenvalue weighted by Crippen LogP contribution is 2.07. The van der Waals surface area contributed by atoms with Gasteiger partial charge in [0.05, 0.1) is 0 Å². The van der Waals surface area contributed by atoms with Gasteiger partial charge in [0, 0.05) is 6.04 Å². The Kier molecular flexibility index (Phi) is 6.12. The number of unbranched alkanes of at least 4 members (excludes halogenated alkanes) is 1. The molecular formula is C14H24N2. The van der Waals surface area contributed by atoms with Gasteiger partial charge < -0.3 is 10.6 Å². The highest BCUT2D eigenvalue weighted by Gasteiger charge is 2.08. The summed E-state index contributed by atoms with van der Waals surface area (Å²) in [5.74, 6) is 0. The third-order valence-corrected chi connectivity index (χ3v) is 3.09. The van der Waals surface area contributed by atoms with Crippen molar-refractivity contribution in [2.75, 3.05) is 20.1 Å². The fourth-order valence-electron chi connectivity index (χ4n) is 1.84. The monoisotopic (exact) mass is 220 g/mol. The average Bonchev–Trinajstić information content (AvgIpc) is 2.30. The van der Waals surface area contributed by atoms with Gasteiger partial charge in [-0.25, -0.2) is 0 Å². The minimum absolute atomic E-state index is 0.597. The minimum atomic E-state index is 0.597. The third kappa shape index (κ3) is 4.77. The Labute approximate surface area is 99.5 Å². The van der Waals surface area contributed by atoms with Crippen LogP contribution in [0.25, 0.3) is 0 Å². The van der Waals surface area contributed by atoms with E-state index in [4.69, 9.17) is 5.73 Å². The van der Waals surface area contributed by atoms with Gasteiger partial charge in [-0.1, -0.05) is 30.3 Å². The van der Waals surface area contributed by atoms with Crippen LogP contribution in [0.2, 0.25) is 0 Å². The molecule has 0 aliphatic carbocycles. The largest absolute Gasteiger partial charge is 0.330 e. The summed E-state index contributed by atoms with van der Waals surface area (Å²) >= 11 is 0. The maximum atomic E-state index is 5.50. The molecule has 2 nitrogen and oxygen atoms in total. The quantitative estimate of drug-likeness (QED) is 0.714. The van der Waals surface area contributed by atoms with E-state index in [1.807, 2.05) is 0 Å². The molecule has 0 bridgehead atoms. The highest BCUT2D eigenvalue weighted by molar-refractivity contribution is 5.15. The maximum absolute atomic E-state index is 5.50. The molecule has 1 atom stereocenters. The molecule has 0 amide bonds. The lowest BCUT2D eigenvalue weighted by Gasteiger charge is -2.24. The summed E-state index contributed by atoms with van der Waals surface area (Å²) in [4.78, 5) is 2.42. The molecule has 16 heavy (non-hydrogen) atoms. The Morgan fingerprint density at radius 2 is 1.88 bits per heavy atom. The van der Waals surface area contributed by atoms with Gasteiger partial charge in [-0.2, -0.15) is 0 Å². The summed E-state index contributed by atoms with van der Waals surface area (Å²) in [6.07, 6.45) is 3.45. The molecule has 0 spiro atoms. The zero-order chi connectivity index (χ0) is 11.8. The van der Waals surface area contributed by atoms with Crippen molar-refractivity contribution >= 4 is 0 Å². The van der Waals surface area contributed by atoms with Gasteiger partial charge in [-0.3, -0.25) is 0 Å². The molecule has 0 heterocycles. The van der Waals surface area contributed by atoms with Gasteiger partial charge in [-0.15, -0.1) is 0 Å². The van der Waals surface area contributed by atoms with Crippen LogP contribution in [0.3, 0.4) is 0 Å². The standard InChI is InChI=1S/C14H24N2/c1-13(16(2)11-7-6-10-15)12-14-8-4-3-5-9-14/h3-5,8-9,13H,6-7,10-12,15H2,1-2H3. The van der Waals surface area contributed by atoms with Gasteiger partial charge in [0.25, 0.3) is 0 Å². The number of nitrogens with zero attached hydrogens (tertiary/aromatic N) is 1. The van der Waals surface area contributed by atoms with Crippen LogP contribution < -0.4 is 5.73 Å². The number of likely N-dealkylation sites (N-methyl/N-ethyl adjacent to an activating group) is 1. The molecule has 0 aromatic heterocycles. The second-order valence-electron chi connectivity index (χ2n) is 4.52. The number of hydrogen-bond donors (Lipinski definition) is 1. The summed E-state index contributed by atoms with van der Waals surface area (Å²) in [5, 5.41) is 0. The lowest BCUT2D eigenvalue weighted by molar-refractivity contribution is 0.252. The lowest BCUT2D eigenvalue weighted by Crippen LogP contribution is -2.32. The van der Waals surface area contributed by atoms with Crippen molar-refractivity contribution < 1.29 is 0 Å². The van der Waals surface area contributed by atoms with E-state index < -0.39 is 0 Å². The van der Waals surface area contributed by atoms with Gasteiger partial charge in [0.15, 0.2) is 0 Å². The molecule has 2 heteroatoms. The molecule has 0 saturated heterocycles. The molecule has 0 aliphatic rings. The van der Waals surface area contributed by atoms with Gasteiger partial charge in [0.2, 0.25) is 0 Å². The topological polar surface area (TPSA) is 29.3 Å². The molecule has 1 unspecified atom stereocenters. The second-order valence-corrected chi connectivity index (χ2v) is 4.52. The Morgan fingerprint density at radius 1 is 1.19 bits per heavy atom. The lowest BCUT2D eigenvalue weighted by atomic mass is 10.1. The first-order valence-electron chi connectivity index (χ1n) is 6.18. The molecule has 1 rings (SSSR count). The van der Waals surface area contributed by atoms with Crippen LogP contribution in [0, 0.1) is 0 Å². The van der Waals surface area contributed by atoms with Crippen molar-refractivity contribution in [1.82, 2.24) is 4.90 Å². The summed E-state index contributed by atoms with van der Waals surface area (Å²) in [6.45, 7) is 4.24. The zero-order valence-corrected chi connectivity index (χ0v) is 10.5. The highest BCUT2D eigenvalue weighted by atomic mass is 15.1. The van der Waals surface area contributed by atoms with E-state index in [0.717, 1.165) is 25.9 Å². The van der Waals surface area contributed by atoms with E-state index in [1.165, 1.54) is 12.0 Å². The molecule has 0 saturated carbocycles. The van der Waals surface area contributed by atoms with Crippen LogP contribution >= 0.6 is 0 Å². The second kappa shape index (κ2) is 7.42. The first-order chi connectivity index (χ1) is 7.74. The first kappa shape index (κ1) is 13.2. The molecule has 90 valence electrons. The van der Waals surface area contributed by atoms with Crippen molar-refractivity contribution in [3.05, 3.63) is 35.9 Å². The van der Waals surface area contributed by atoms with Crippen molar-refractivity contribution in [3.63, 3.8) is 0 Å². The van der Waals surface area contributed by atoms with Crippen LogP contribution in [-0.2, 0) is 6.42 Å². The maximum Gasteiger partial charge on any atom is 0.0104 e. The van der Waals surface area contributed by atoms with Crippen molar-refractivity contribution in [2.45, 2.75) is 32.2 Å².